The van der Waals surface area contributed by atoms with Crippen LogP contribution in [0.5, 0.6) is 0 Å². The summed E-state index contributed by atoms with van der Waals surface area (Å²) in [6, 6.07) is 43.4. The Labute approximate surface area is 261 Å². The molecule has 0 N–H and O–H groups in total. The molecule has 1 amide bonds. The van der Waals surface area contributed by atoms with Crippen LogP contribution in [0.3, 0.4) is 0 Å². The third kappa shape index (κ3) is 5.48. The average Bonchev–Trinajstić information content (AvgIpc) is 3.64. The van der Waals surface area contributed by atoms with Gasteiger partial charge in [-0.3, -0.25) is 14.7 Å². The Morgan fingerprint density at radius 3 is 2.32 bits per heavy atom. The molecule has 1 atom stereocenters. The molecule has 44 heavy (non-hydrogen) atoms. The number of fused-ring (bicyclic) bond motifs is 1. The van der Waals surface area contributed by atoms with E-state index in [9.17, 15) is 4.79 Å². The molecule has 6 heteroatoms. The number of aliphatic imine (C=N–C) groups is 1. The van der Waals surface area contributed by atoms with Crippen molar-refractivity contribution < 1.29 is 4.79 Å². The average molecular weight is 591 g/mol. The van der Waals surface area contributed by atoms with Gasteiger partial charge in [0.25, 0.3) is 5.91 Å². The van der Waals surface area contributed by atoms with Crippen molar-refractivity contribution in [2.24, 2.45) is 10.1 Å². The molecule has 0 aromatic heterocycles. The molecule has 0 spiro atoms. The molecule has 1 unspecified atom stereocenters. The van der Waals surface area contributed by atoms with E-state index in [0.717, 1.165) is 45.4 Å². The lowest BCUT2D eigenvalue weighted by Crippen LogP contribution is -2.29. The van der Waals surface area contributed by atoms with Gasteiger partial charge in [-0.2, -0.15) is 5.10 Å². The summed E-state index contributed by atoms with van der Waals surface area (Å²) in [5.41, 5.74) is 6.22. The highest BCUT2D eigenvalue weighted by Gasteiger charge is 2.33. The highest BCUT2D eigenvalue weighted by Crippen LogP contribution is 2.38. The summed E-state index contributed by atoms with van der Waals surface area (Å²) in [6.07, 6.45) is 4.50. The fourth-order valence-electron chi connectivity index (χ4n) is 5.65. The summed E-state index contributed by atoms with van der Waals surface area (Å²) in [4.78, 5) is 20.8. The highest BCUT2D eigenvalue weighted by atomic mass is 32.2. The van der Waals surface area contributed by atoms with Crippen LogP contribution in [0.1, 0.15) is 29.2 Å². The topological polar surface area (TPSA) is 48.3 Å². The van der Waals surface area contributed by atoms with E-state index in [0.29, 0.717) is 16.6 Å². The maximum absolute atomic E-state index is 13.5. The van der Waals surface area contributed by atoms with Crippen molar-refractivity contribution in [2.45, 2.75) is 12.5 Å². The minimum Gasteiger partial charge on any atom is -0.283 e. The molecule has 2 heterocycles. The van der Waals surface area contributed by atoms with Gasteiger partial charge in [0.15, 0.2) is 5.17 Å². The summed E-state index contributed by atoms with van der Waals surface area (Å²) in [5.74, 6) is -0.0706. The molecule has 1 fully saturated rings. The van der Waals surface area contributed by atoms with E-state index < -0.39 is 0 Å². The second-order valence-electron chi connectivity index (χ2n) is 10.7. The molecule has 0 aliphatic carbocycles. The van der Waals surface area contributed by atoms with E-state index in [2.05, 4.69) is 90.5 Å². The largest absolute Gasteiger partial charge is 0.283 e. The number of rotatable bonds is 7. The van der Waals surface area contributed by atoms with Gasteiger partial charge in [-0.15, -0.1) is 6.58 Å². The minimum absolute atomic E-state index is 0.0706. The Kier molecular flexibility index (Phi) is 7.65. The van der Waals surface area contributed by atoms with Crippen molar-refractivity contribution in [3.8, 4) is 0 Å². The fourth-order valence-corrected chi connectivity index (χ4v) is 6.65. The maximum Gasteiger partial charge on any atom is 0.267 e. The van der Waals surface area contributed by atoms with Crippen molar-refractivity contribution in [3.63, 3.8) is 0 Å². The van der Waals surface area contributed by atoms with Gasteiger partial charge in [0.2, 0.25) is 0 Å². The fraction of sp³-hybridized carbons (Fsp3) is 0.0789. The van der Waals surface area contributed by atoms with Crippen LogP contribution >= 0.6 is 11.8 Å². The van der Waals surface area contributed by atoms with Gasteiger partial charge in [-0.05, 0) is 58.1 Å². The zero-order valence-electron chi connectivity index (χ0n) is 24.1. The van der Waals surface area contributed by atoms with E-state index in [1.807, 2.05) is 54.6 Å². The van der Waals surface area contributed by atoms with Gasteiger partial charge < -0.3 is 0 Å². The molecule has 1 saturated heterocycles. The first kappa shape index (κ1) is 27.6. The van der Waals surface area contributed by atoms with E-state index >= 15 is 0 Å². The summed E-state index contributed by atoms with van der Waals surface area (Å²) in [6.45, 7) is 4.26. The first-order chi connectivity index (χ1) is 21.7. The Morgan fingerprint density at radius 2 is 1.55 bits per heavy atom. The van der Waals surface area contributed by atoms with Crippen LogP contribution < -0.4 is 5.01 Å². The third-order valence-corrected chi connectivity index (χ3v) is 8.85. The number of amidine groups is 1. The van der Waals surface area contributed by atoms with Gasteiger partial charge >= 0.3 is 0 Å². The first-order valence-electron chi connectivity index (χ1n) is 14.6. The summed E-state index contributed by atoms with van der Waals surface area (Å²) >= 11 is 1.40. The highest BCUT2D eigenvalue weighted by molar-refractivity contribution is 8.18. The molecular weight excluding hydrogens is 561 g/mol. The van der Waals surface area contributed by atoms with E-state index in [1.54, 1.807) is 11.0 Å². The molecule has 2 aliphatic heterocycles. The molecular formula is C38H30N4OS. The number of nitrogens with zero attached hydrogens (tertiary/aromatic N) is 4. The molecule has 0 saturated carbocycles. The Morgan fingerprint density at radius 1 is 0.841 bits per heavy atom. The molecule has 0 radical (unpaired) electrons. The standard InChI is InChI=1S/C38H30N4OS/c1-2-24-41-37(43)36(44-38(41)39-33-19-11-17-28-12-9-10-18-32(28)33)25-27-20-22-31(23-21-27)42-35(30-15-7-4-8-16-30)26-34(40-42)29-13-5-3-6-14-29/h2-23,25,35H,1,24,26H2/b36-25-,39-38?. The number of benzene rings is 5. The van der Waals surface area contributed by atoms with Gasteiger partial charge in [-0.1, -0.05) is 115 Å². The molecule has 5 nitrogen and oxygen atoms in total. The van der Waals surface area contributed by atoms with Crippen LogP contribution in [0.4, 0.5) is 11.4 Å². The molecule has 5 aromatic rings. The second kappa shape index (κ2) is 12.2. The van der Waals surface area contributed by atoms with Crippen molar-refractivity contribution in [2.75, 3.05) is 11.6 Å². The zero-order chi connectivity index (χ0) is 29.9. The number of thioether (sulfide) groups is 1. The normalized spacial score (nSPS) is 18.4. The number of hydrazone groups is 1. The van der Waals surface area contributed by atoms with Gasteiger partial charge in [0.1, 0.15) is 0 Å². The number of carbonyl (C=O) groups excluding carboxylic acids is 1. The molecule has 214 valence electrons. The number of amides is 1. The summed E-state index contributed by atoms with van der Waals surface area (Å²) in [7, 11) is 0. The van der Waals surface area contributed by atoms with E-state index in [1.165, 1.54) is 17.3 Å². The van der Waals surface area contributed by atoms with Crippen LogP contribution in [0.15, 0.2) is 155 Å². The SMILES string of the molecule is C=CCN1C(=O)/C(=C/c2ccc(N3N=C(c4ccccc4)CC3c3ccccc3)cc2)SC1=Nc1cccc2ccccc12. The quantitative estimate of drug-likeness (QED) is 0.140. The van der Waals surface area contributed by atoms with Crippen LogP contribution in [0.25, 0.3) is 16.8 Å². The predicted molar refractivity (Wildman–Crippen MR) is 184 cm³/mol. The van der Waals surface area contributed by atoms with Crippen molar-refractivity contribution >= 4 is 56.8 Å². The van der Waals surface area contributed by atoms with E-state index in [4.69, 9.17) is 10.1 Å². The van der Waals surface area contributed by atoms with Crippen LogP contribution in [-0.2, 0) is 4.79 Å². The second-order valence-corrected chi connectivity index (χ2v) is 11.7. The predicted octanol–water partition coefficient (Wildman–Crippen LogP) is 8.99. The summed E-state index contributed by atoms with van der Waals surface area (Å²) < 4.78 is 0. The first-order valence-corrected chi connectivity index (χ1v) is 15.5. The molecule has 2 aliphatic rings. The lowest BCUT2D eigenvalue weighted by molar-refractivity contribution is -0.121. The Hall–Kier alpha value is -5.20. The van der Waals surface area contributed by atoms with Crippen LogP contribution in [0, 0.1) is 0 Å². The molecule has 5 aromatic carbocycles. The summed E-state index contributed by atoms with van der Waals surface area (Å²) in [5, 5.41) is 10.0. The van der Waals surface area contributed by atoms with Crippen LogP contribution in [0.2, 0.25) is 0 Å². The van der Waals surface area contributed by atoms with Crippen molar-refractivity contribution in [1.82, 2.24) is 4.90 Å². The third-order valence-electron chi connectivity index (χ3n) is 7.84. The van der Waals surface area contributed by atoms with Gasteiger partial charge in [-0.25, -0.2) is 4.99 Å². The van der Waals surface area contributed by atoms with Crippen molar-refractivity contribution in [1.29, 1.82) is 0 Å². The molecule has 0 bridgehead atoms. The zero-order valence-corrected chi connectivity index (χ0v) is 24.9. The number of anilines is 1. The lowest BCUT2D eigenvalue weighted by Gasteiger charge is -2.24. The van der Waals surface area contributed by atoms with Crippen LogP contribution in [-0.4, -0.2) is 28.2 Å². The molecule has 7 rings (SSSR count). The van der Waals surface area contributed by atoms with Crippen molar-refractivity contribution in [3.05, 3.63) is 162 Å². The Balaban J connectivity index is 1.18. The number of hydrogen-bond acceptors (Lipinski definition) is 5. The van der Waals surface area contributed by atoms with Gasteiger partial charge in [0, 0.05) is 18.4 Å². The number of carbonyl (C=O) groups is 1. The van der Waals surface area contributed by atoms with E-state index in [-0.39, 0.29) is 11.9 Å². The maximum atomic E-state index is 13.5. The minimum atomic E-state index is -0.0706. The monoisotopic (exact) mass is 590 g/mol. The lowest BCUT2D eigenvalue weighted by atomic mass is 9.98. The smallest absolute Gasteiger partial charge is 0.267 e. The number of hydrogen-bond donors (Lipinski definition) is 0. The van der Waals surface area contributed by atoms with Gasteiger partial charge in [0.05, 0.1) is 28.0 Å². The Bertz CT molecular complexity index is 1930.